The fourth-order valence-electron chi connectivity index (χ4n) is 1.95. The number of aryl methyl sites for hydroxylation is 1. The predicted octanol–water partition coefficient (Wildman–Crippen LogP) is 3.08. The van der Waals surface area contributed by atoms with Gasteiger partial charge in [0.1, 0.15) is 6.29 Å². The van der Waals surface area contributed by atoms with E-state index in [0.29, 0.717) is 5.56 Å². The van der Waals surface area contributed by atoms with E-state index in [-0.39, 0.29) is 0 Å². The highest BCUT2D eigenvalue weighted by molar-refractivity contribution is 5.79. The average Bonchev–Trinajstić information content (AvgIpc) is 2.72. The van der Waals surface area contributed by atoms with Crippen molar-refractivity contribution in [2.75, 3.05) is 0 Å². The maximum Gasteiger partial charge on any atom is 0.150 e. The molecule has 0 amide bonds. The molecule has 0 spiro atoms. The summed E-state index contributed by atoms with van der Waals surface area (Å²) in [6.45, 7) is 5.12. The first-order valence-corrected chi connectivity index (χ1v) is 5.84. The summed E-state index contributed by atoms with van der Waals surface area (Å²) in [6.07, 6.45) is 3.81. The van der Waals surface area contributed by atoms with Crippen molar-refractivity contribution in [1.29, 1.82) is 0 Å². The van der Waals surface area contributed by atoms with E-state index in [4.69, 9.17) is 0 Å². The second-order valence-corrected chi connectivity index (χ2v) is 4.11. The monoisotopic (exact) mass is 228 g/mol. The Kier molecular flexibility index (Phi) is 3.38. The molecule has 2 rings (SSSR count). The minimum Gasteiger partial charge on any atom is -0.298 e. The summed E-state index contributed by atoms with van der Waals surface area (Å²) >= 11 is 0. The summed E-state index contributed by atoms with van der Waals surface area (Å²) < 4.78 is 2.00. The quantitative estimate of drug-likeness (QED) is 0.754. The van der Waals surface area contributed by atoms with E-state index in [1.165, 1.54) is 0 Å². The van der Waals surface area contributed by atoms with Gasteiger partial charge in [0.25, 0.3) is 0 Å². The summed E-state index contributed by atoms with van der Waals surface area (Å²) in [6, 6.07) is 7.61. The summed E-state index contributed by atoms with van der Waals surface area (Å²) in [5.41, 5.74) is 4.00. The smallest absolute Gasteiger partial charge is 0.150 e. The van der Waals surface area contributed by atoms with Crippen molar-refractivity contribution in [2.24, 2.45) is 0 Å². The van der Waals surface area contributed by atoms with Gasteiger partial charge < -0.3 is 0 Å². The minimum absolute atomic E-state index is 0.699. The van der Waals surface area contributed by atoms with Gasteiger partial charge in [-0.2, -0.15) is 5.10 Å². The van der Waals surface area contributed by atoms with Gasteiger partial charge in [0.2, 0.25) is 0 Å². The van der Waals surface area contributed by atoms with E-state index in [1.54, 1.807) is 0 Å². The van der Waals surface area contributed by atoms with Crippen LogP contribution in [0.15, 0.2) is 30.5 Å². The van der Waals surface area contributed by atoms with Gasteiger partial charge >= 0.3 is 0 Å². The van der Waals surface area contributed by atoms with Crippen LogP contribution in [-0.4, -0.2) is 16.1 Å². The van der Waals surface area contributed by atoms with Crippen LogP contribution in [0.25, 0.3) is 11.1 Å². The Morgan fingerprint density at radius 2 is 2.24 bits per heavy atom. The average molecular weight is 228 g/mol. The molecule has 17 heavy (non-hydrogen) atoms. The van der Waals surface area contributed by atoms with E-state index in [9.17, 15) is 4.79 Å². The highest BCUT2D eigenvalue weighted by Crippen LogP contribution is 2.23. The van der Waals surface area contributed by atoms with Crippen LogP contribution in [0, 0.1) is 6.92 Å². The van der Waals surface area contributed by atoms with E-state index in [2.05, 4.69) is 18.9 Å². The summed E-state index contributed by atoms with van der Waals surface area (Å²) in [7, 11) is 0. The molecule has 1 aromatic carbocycles. The Bertz CT molecular complexity index is 529. The molecular formula is C14H16N2O. The second-order valence-electron chi connectivity index (χ2n) is 4.11. The van der Waals surface area contributed by atoms with E-state index in [1.807, 2.05) is 35.1 Å². The van der Waals surface area contributed by atoms with Gasteiger partial charge in [-0.15, -0.1) is 0 Å². The third kappa shape index (κ3) is 2.28. The third-order valence-electron chi connectivity index (χ3n) is 2.87. The largest absolute Gasteiger partial charge is 0.298 e. The maximum atomic E-state index is 10.8. The lowest BCUT2D eigenvalue weighted by molar-refractivity contribution is 0.112. The van der Waals surface area contributed by atoms with Crippen molar-refractivity contribution >= 4 is 6.29 Å². The Balaban J connectivity index is 2.42. The van der Waals surface area contributed by atoms with Crippen LogP contribution in [0.5, 0.6) is 0 Å². The molecule has 0 unspecified atom stereocenters. The number of carbonyl (C=O) groups is 1. The van der Waals surface area contributed by atoms with Gasteiger partial charge in [0.15, 0.2) is 0 Å². The number of carbonyl (C=O) groups excluding carboxylic acids is 1. The SMILES string of the molecule is CCCn1ncc(-c2cccc(C=O)c2)c1C. The van der Waals surface area contributed by atoms with E-state index >= 15 is 0 Å². The highest BCUT2D eigenvalue weighted by Gasteiger charge is 2.08. The molecule has 0 N–H and O–H groups in total. The normalized spacial score (nSPS) is 10.5. The van der Waals surface area contributed by atoms with Crippen molar-refractivity contribution in [3.63, 3.8) is 0 Å². The Hall–Kier alpha value is -1.90. The zero-order chi connectivity index (χ0) is 12.3. The van der Waals surface area contributed by atoms with Crippen molar-refractivity contribution in [3.05, 3.63) is 41.7 Å². The number of rotatable bonds is 4. The molecular weight excluding hydrogens is 212 g/mol. The Labute approximate surface area is 101 Å². The van der Waals surface area contributed by atoms with E-state index < -0.39 is 0 Å². The lowest BCUT2D eigenvalue weighted by atomic mass is 10.0. The molecule has 0 atom stereocenters. The van der Waals surface area contributed by atoms with Gasteiger partial charge in [-0.1, -0.05) is 25.1 Å². The molecule has 0 aliphatic carbocycles. The van der Waals surface area contributed by atoms with Crippen molar-refractivity contribution < 1.29 is 4.79 Å². The molecule has 0 saturated carbocycles. The fraction of sp³-hybridized carbons (Fsp3) is 0.286. The van der Waals surface area contributed by atoms with Crippen molar-refractivity contribution in [3.8, 4) is 11.1 Å². The van der Waals surface area contributed by atoms with Gasteiger partial charge in [-0.05, 0) is 25.0 Å². The molecule has 2 aromatic rings. The number of benzene rings is 1. The van der Waals surface area contributed by atoms with Gasteiger partial charge in [-0.25, -0.2) is 0 Å². The first-order chi connectivity index (χ1) is 8.26. The van der Waals surface area contributed by atoms with Crippen LogP contribution in [0.2, 0.25) is 0 Å². The number of aldehydes is 1. The second kappa shape index (κ2) is 4.95. The molecule has 0 radical (unpaired) electrons. The molecule has 0 aliphatic heterocycles. The third-order valence-corrected chi connectivity index (χ3v) is 2.87. The van der Waals surface area contributed by atoms with Gasteiger partial charge in [0, 0.05) is 23.4 Å². The predicted molar refractivity (Wildman–Crippen MR) is 68.1 cm³/mol. The molecule has 3 nitrogen and oxygen atoms in total. The molecule has 0 bridgehead atoms. The topological polar surface area (TPSA) is 34.9 Å². The first kappa shape index (κ1) is 11.6. The lowest BCUT2D eigenvalue weighted by Crippen LogP contribution is -2.00. The zero-order valence-electron chi connectivity index (χ0n) is 10.2. The summed E-state index contributed by atoms with van der Waals surface area (Å²) in [5, 5.41) is 4.37. The molecule has 3 heteroatoms. The van der Waals surface area contributed by atoms with Crippen LogP contribution in [0.1, 0.15) is 29.4 Å². The summed E-state index contributed by atoms with van der Waals surface area (Å²) in [5.74, 6) is 0. The summed E-state index contributed by atoms with van der Waals surface area (Å²) in [4.78, 5) is 10.8. The molecule has 1 heterocycles. The van der Waals surface area contributed by atoms with E-state index in [0.717, 1.165) is 36.1 Å². The zero-order valence-corrected chi connectivity index (χ0v) is 10.2. The van der Waals surface area contributed by atoms with Crippen LogP contribution in [0.3, 0.4) is 0 Å². The number of aromatic nitrogens is 2. The van der Waals surface area contributed by atoms with Crippen LogP contribution in [0.4, 0.5) is 0 Å². The molecule has 0 saturated heterocycles. The van der Waals surface area contributed by atoms with Crippen LogP contribution >= 0.6 is 0 Å². The first-order valence-electron chi connectivity index (χ1n) is 5.84. The van der Waals surface area contributed by atoms with Gasteiger partial charge in [0.05, 0.1) is 6.20 Å². The fourth-order valence-corrected chi connectivity index (χ4v) is 1.95. The molecule has 0 aliphatic rings. The van der Waals surface area contributed by atoms with Crippen LogP contribution in [-0.2, 0) is 6.54 Å². The lowest BCUT2D eigenvalue weighted by Gasteiger charge is -2.04. The maximum absolute atomic E-state index is 10.8. The van der Waals surface area contributed by atoms with Crippen molar-refractivity contribution in [2.45, 2.75) is 26.8 Å². The highest BCUT2D eigenvalue weighted by atomic mass is 16.1. The van der Waals surface area contributed by atoms with Gasteiger partial charge in [-0.3, -0.25) is 9.48 Å². The number of hydrogen-bond acceptors (Lipinski definition) is 2. The molecule has 88 valence electrons. The number of hydrogen-bond donors (Lipinski definition) is 0. The molecule has 1 aromatic heterocycles. The number of nitrogens with zero attached hydrogens (tertiary/aromatic N) is 2. The van der Waals surface area contributed by atoms with Crippen molar-refractivity contribution in [1.82, 2.24) is 9.78 Å². The standard InChI is InChI=1S/C14H16N2O/c1-3-7-16-11(2)14(9-15-16)13-6-4-5-12(8-13)10-17/h4-6,8-10H,3,7H2,1-2H3. The Morgan fingerprint density at radius 3 is 2.94 bits per heavy atom. The minimum atomic E-state index is 0.699. The Morgan fingerprint density at radius 1 is 1.41 bits per heavy atom. The molecule has 0 fully saturated rings. The van der Waals surface area contributed by atoms with Crippen LogP contribution < -0.4 is 0 Å².